The molecular formula is C17H25NS. The van der Waals surface area contributed by atoms with Crippen molar-refractivity contribution in [2.45, 2.75) is 57.9 Å². The Bertz CT molecular complexity index is 440. The summed E-state index contributed by atoms with van der Waals surface area (Å²) in [6.45, 7) is 2.22. The summed E-state index contributed by atoms with van der Waals surface area (Å²) in [6.07, 6.45) is 10.3. The largest absolute Gasteiger partial charge is 0.324 e. The highest BCUT2D eigenvalue weighted by Crippen LogP contribution is 2.62. The van der Waals surface area contributed by atoms with Gasteiger partial charge in [-0.3, -0.25) is 0 Å². The van der Waals surface area contributed by atoms with Crippen LogP contribution in [0.2, 0.25) is 0 Å². The standard InChI is InChI=1S/C17H25NS/c1-11-15(2-3-19-11)16(18)10-17-7-12-4-13(8-17)6-14(5-12)9-17/h2-3,12-14,16H,4-10,18H2,1H3. The van der Waals surface area contributed by atoms with Crippen LogP contribution in [0.15, 0.2) is 11.4 Å². The second kappa shape index (κ2) is 4.33. The van der Waals surface area contributed by atoms with Gasteiger partial charge in [-0.05, 0) is 92.0 Å². The maximum Gasteiger partial charge on any atom is 0.0311 e. The molecule has 4 aliphatic rings. The molecule has 1 unspecified atom stereocenters. The second-order valence-corrected chi connectivity index (χ2v) is 8.78. The molecule has 1 aromatic heterocycles. The first-order valence-corrected chi connectivity index (χ1v) is 8.81. The fourth-order valence-electron chi connectivity index (χ4n) is 5.90. The number of nitrogens with two attached hydrogens (primary N) is 1. The van der Waals surface area contributed by atoms with Gasteiger partial charge in [0.2, 0.25) is 0 Å². The molecule has 2 N–H and O–H groups in total. The first-order valence-electron chi connectivity index (χ1n) is 7.93. The van der Waals surface area contributed by atoms with Crippen LogP contribution in [0.1, 0.15) is 61.4 Å². The van der Waals surface area contributed by atoms with Crippen molar-refractivity contribution < 1.29 is 0 Å². The lowest BCUT2D eigenvalue weighted by molar-refractivity contribution is -0.0605. The highest BCUT2D eigenvalue weighted by atomic mass is 32.1. The minimum atomic E-state index is 0.280. The number of thiophene rings is 1. The molecule has 104 valence electrons. The number of rotatable bonds is 3. The Morgan fingerprint density at radius 2 is 1.79 bits per heavy atom. The molecule has 19 heavy (non-hydrogen) atoms. The van der Waals surface area contributed by atoms with Gasteiger partial charge in [-0.25, -0.2) is 0 Å². The van der Waals surface area contributed by atoms with Gasteiger partial charge in [0.05, 0.1) is 0 Å². The molecule has 1 atom stereocenters. The Labute approximate surface area is 120 Å². The van der Waals surface area contributed by atoms with Crippen LogP contribution in [-0.4, -0.2) is 0 Å². The summed E-state index contributed by atoms with van der Waals surface area (Å²) in [5.74, 6) is 3.13. The zero-order valence-electron chi connectivity index (χ0n) is 11.9. The average Bonchev–Trinajstić information content (AvgIpc) is 2.72. The van der Waals surface area contributed by atoms with Crippen molar-refractivity contribution in [1.82, 2.24) is 0 Å². The smallest absolute Gasteiger partial charge is 0.0311 e. The predicted octanol–water partition coefficient (Wildman–Crippen LogP) is 4.66. The van der Waals surface area contributed by atoms with Crippen LogP contribution >= 0.6 is 11.3 Å². The van der Waals surface area contributed by atoms with E-state index in [9.17, 15) is 0 Å². The molecule has 4 fully saturated rings. The Morgan fingerprint density at radius 1 is 1.21 bits per heavy atom. The zero-order valence-corrected chi connectivity index (χ0v) is 12.7. The third-order valence-electron chi connectivity index (χ3n) is 6.12. The van der Waals surface area contributed by atoms with E-state index in [1.807, 2.05) is 11.3 Å². The molecule has 4 saturated carbocycles. The van der Waals surface area contributed by atoms with E-state index in [1.54, 1.807) is 0 Å². The molecule has 4 bridgehead atoms. The number of hydrogen-bond donors (Lipinski definition) is 1. The van der Waals surface area contributed by atoms with E-state index in [0.717, 1.165) is 17.8 Å². The molecule has 0 aliphatic heterocycles. The van der Waals surface area contributed by atoms with Gasteiger partial charge < -0.3 is 5.73 Å². The summed E-state index contributed by atoms with van der Waals surface area (Å²) in [7, 11) is 0. The molecule has 1 aromatic rings. The minimum absolute atomic E-state index is 0.280. The normalized spacial score (nSPS) is 41.7. The SMILES string of the molecule is Cc1sccc1C(N)CC12CC3CC(CC(C3)C1)C2. The highest BCUT2D eigenvalue weighted by Gasteiger charge is 2.51. The van der Waals surface area contributed by atoms with E-state index >= 15 is 0 Å². The topological polar surface area (TPSA) is 26.0 Å². The molecule has 0 spiro atoms. The van der Waals surface area contributed by atoms with Crippen LogP contribution in [-0.2, 0) is 0 Å². The Balaban J connectivity index is 1.55. The van der Waals surface area contributed by atoms with E-state index in [2.05, 4.69) is 18.4 Å². The lowest BCUT2D eigenvalue weighted by Crippen LogP contribution is -2.47. The monoisotopic (exact) mass is 275 g/mol. The van der Waals surface area contributed by atoms with Gasteiger partial charge in [0, 0.05) is 10.9 Å². The van der Waals surface area contributed by atoms with Gasteiger partial charge in [0.1, 0.15) is 0 Å². The van der Waals surface area contributed by atoms with Crippen molar-refractivity contribution in [3.63, 3.8) is 0 Å². The second-order valence-electron chi connectivity index (χ2n) is 7.66. The first kappa shape index (κ1) is 12.4. The fourth-order valence-corrected chi connectivity index (χ4v) is 6.67. The fraction of sp³-hybridized carbons (Fsp3) is 0.765. The van der Waals surface area contributed by atoms with Crippen LogP contribution in [0.25, 0.3) is 0 Å². The van der Waals surface area contributed by atoms with Crippen LogP contribution in [0.5, 0.6) is 0 Å². The van der Waals surface area contributed by atoms with Crippen molar-refractivity contribution in [3.8, 4) is 0 Å². The number of aryl methyl sites for hydroxylation is 1. The Hall–Kier alpha value is -0.340. The van der Waals surface area contributed by atoms with Gasteiger partial charge in [0.15, 0.2) is 0 Å². The van der Waals surface area contributed by atoms with Gasteiger partial charge in [0.25, 0.3) is 0 Å². The summed E-state index contributed by atoms with van der Waals surface area (Å²) >= 11 is 1.85. The van der Waals surface area contributed by atoms with Gasteiger partial charge in [-0.15, -0.1) is 11.3 Å². The zero-order chi connectivity index (χ0) is 13.0. The van der Waals surface area contributed by atoms with E-state index in [1.165, 1.54) is 55.4 Å². The minimum Gasteiger partial charge on any atom is -0.324 e. The van der Waals surface area contributed by atoms with Crippen molar-refractivity contribution in [3.05, 3.63) is 21.9 Å². The third-order valence-corrected chi connectivity index (χ3v) is 6.98. The summed E-state index contributed by atoms with van der Waals surface area (Å²) in [6, 6.07) is 2.54. The van der Waals surface area contributed by atoms with E-state index in [4.69, 9.17) is 5.73 Å². The lowest BCUT2D eigenvalue weighted by Gasteiger charge is -2.57. The van der Waals surface area contributed by atoms with E-state index in [-0.39, 0.29) is 6.04 Å². The molecule has 0 amide bonds. The molecule has 0 saturated heterocycles. The Morgan fingerprint density at radius 3 is 2.26 bits per heavy atom. The third kappa shape index (κ3) is 2.08. The lowest BCUT2D eigenvalue weighted by atomic mass is 9.48. The highest BCUT2D eigenvalue weighted by molar-refractivity contribution is 7.10. The van der Waals surface area contributed by atoms with Crippen LogP contribution < -0.4 is 5.73 Å². The molecule has 5 rings (SSSR count). The van der Waals surface area contributed by atoms with Gasteiger partial charge in [-0.1, -0.05) is 0 Å². The molecule has 2 heteroatoms. The van der Waals surface area contributed by atoms with Gasteiger partial charge in [-0.2, -0.15) is 0 Å². The quantitative estimate of drug-likeness (QED) is 0.853. The maximum atomic E-state index is 6.57. The van der Waals surface area contributed by atoms with Crippen molar-refractivity contribution in [2.75, 3.05) is 0 Å². The van der Waals surface area contributed by atoms with Crippen LogP contribution in [0, 0.1) is 30.1 Å². The predicted molar refractivity (Wildman–Crippen MR) is 81.2 cm³/mol. The summed E-state index contributed by atoms with van der Waals surface area (Å²) < 4.78 is 0. The summed E-state index contributed by atoms with van der Waals surface area (Å²) in [5.41, 5.74) is 8.60. The molecule has 1 heterocycles. The first-order chi connectivity index (χ1) is 9.13. The Kier molecular flexibility index (Phi) is 2.82. The average molecular weight is 275 g/mol. The molecule has 4 aliphatic carbocycles. The maximum absolute atomic E-state index is 6.57. The van der Waals surface area contributed by atoms with Crippen molar-refractivity contribution in [2.24, 2.45) is 28.9 Å². The van der Waals surface area contributed by atoms with Crippen LogP contribution in [0.4, 0.5) is 0 Å². The molecular weight excluding hydrogens is 250 g/mol. The number of hydrogen-bond acceptors (Lipinski definition) is 2. The summed E-state index contributed by atoms with van der Waals surface area (Å²) in [4.78, 5) is 1.43. The molecule has 0 aromatic carbocycles. The van der Waals surface area contributed by atoms with Crippen LogP contribution in [0.3, 0.4) is 0 Å². The van der Waals surface area contributed by atoms with Crippen molar-refractivity contribution in [1.29, 1.82) is 0 Å². The van der Waals surface area contributed by atoms with Crippen molar-refractivity contribution >= 4 is 11.3 Å². The molecule has 1 nitrogen and oxygen atoms in total. The van der Waals surface area contributed by atoms with E-state index < -0.39 is 0 Å². The molecule has 0 radical (unpaired) electrons. The summed E-state index contributed by atoms with van der Waals surface area (Å²) in [5, 5.41) is 2.20. The van der Waals surface area contributed by atoms with E-state index in [0.29, 0.717) is 5.41 Å². The van der Waals surface area contributed by atoms with Gasteiger partial charge >= 0.3 is 0 Å².